The van der Waals surface area contributed by atoms with Crippen LogP contribution in [-0.4, -0.2) is 66.5 Å². The zero-order valence-electron chi connectivity index (χ0n) is 49.5. The molecule has 3 unspecified atom stereocenters. The maximum atomic E-state index is 12.9. The highest BCUT2D eigenvalue weighted by molar-refractivity contribution is 7.47. The minimum absolute atomic E-state index is 0.161. The lowest BCUT2D eigenvalue weighted by Gasteiger charge is -2.21. The molecule has 0 aliphatic carbocycles. The number of hydrogen-bond acceptors (Lipinski definition) is 10. The Balaban J connectivity index is 4.69. The van der Waals surface area contributed by atoms with Crippen molar-refractivity contribution in [2.75, 3.05) is 26.4 Å². The molecule has 0 bridgehead atoms. The van der Waals surface area contributed by atoms with Gasteiger partial charge in [-0.2, -0.15) is 0 Å². The fourth-order valence-electron chi connectivity index (χ4n) is 9.15. The highest BCUT2D eigenvalue weighted by Crippen LogP contribution is 2.43. The average molecular weight is 1100 g/mol. The first-order valence-electron chi connectivity index (χ1n) is 31.9. The number of allylic oxidation sites excluding steroid dienone is 6. The molecule has 3 atom stereocenters. The average Bonchev–Trinajstić information content (AvgIpc) is 3.41. The van der Waals surface area contributed by atoms with Crippen molar-refractivity contribution in [2.45, 2.75) is 328 Å². The van der Waals surface area contributed by atoms with Crippen LogP contribution in [0.25, 0.3) is 0 Å². The second-order valence-corrected chi connectivity index (χ2v) is 23.0. The Labute approximate surface area is 467 Å². The van der Waals surface area contributed by atoms with Gasteiger partial charge in [-0.1, -0.05) is 256 Å². The van der Waals surface area contributed by atoms with Gasteiger partial charge in [0.1, 0.15) is 12.7 Å². The normalized spacial score (nSPS) is 13.5. The van der Waals surface area contributed by atoms with Crippen molar-refractivity contribution in [3.63, 3.8) is 0 Å². The van der Waals surface area contributed by atoms with Gasteiger partial charge in [0.2, 0.25) is 0 Å². The smallest absolute Gasteiger partial charge is 0.462 e. The maximum absolute atomic E-state index is 12.9. The number of aliphatic hydroxyl groups is 1. The zero-order chi connectivity index (χ0) is 55.5. The first-order chi connectivity index (χ1) is 37.2. The number of carbonyl (C=O) groups is 3. The number of esters is 3. The molecular formula is C64H119O11P. The molecule has 0 radical (unpaired) electrons. The third-order valence-electron chi connectivity index (χ3n) is 14.0. The number of phosphoric ester groups is 1. The molecule has 446 valence electrons. The van der Waals surface area contributed by atoms with E-state index >= 15 is 0 Å². The van der Waals surface area contributed by atoms with Gasteiger partial charge in [-0.15, -0.1) is 0 Å². The van der Waals surface area contributed by atoms with Gasteiger partial charge in [-0.05, 0) is 77.0 Å². The van der Waals surface area contributed by atoms with Gasteiger partial charge in [0.05, 0.1) is 19.8 Å². The molecule has 11 nitrogen and oxygen atoms in total. The molecule has 0 aliphatic heterocycles. The van der Waals surface area contributed by atoms with Crippen LogP contribution in [0, 0.1) is 0 Å². The number of rotatable bonds is 60. The number of carbonyl (C=O) groups excluding carboxylic acids is 3. The number of phosphoric acid groups is 1. The summed E-state index contributed by atoms with van der Waals surface area (Å²) in [6, 6.07) is 0. The molecule has 2 N–H and O–H groups in total. The van der Waals surface area contributed by atoms with Crippen LogP contribution < -0.4 is 0 Å². The molecule has 0 rings (SSSR count). The molecule has 0 saturated heterocycles. The van der Waals surface area contributed by atoms with E-state index in [0.717, 1.165) is 83.5 Å². The van der Waals surface area contributed by atoms with Crippen LogP contribution in [-0.2, 0) is 42.2 Å². The molecule has 0 saturated carbocycles. The summed E-state index contributed by atoms with van der Waals surface area (Å²) >= 11 is 0. The minimum atomic E-state index is -4.75. The van der Waals surface area contributed by atoms with E-state index < -0.39 is 57.8 Å². The van der Waals surface area contributed by atoms with E-state index in [4.69, 9.17) is 23.3 Å². The summed E-state index contributed by atoms with van der Waals surface area (Å²) in [5.41, 5.74) is 0. The van der Waals surface area contributed by atoms with Crippen LogP contribution in [0.5, 0.6) is 0 Å². The van der Waals surface area contributed by atoms with Crippen molar-refractivity contribution in [3.8, 4) is 0 Å². The summed E-state index contributed by atoms with van der Waals surface area (Å²) in [5, 5.41) is 9.84. The molecule has 0 amide bonds. The van der Waals surface area contributed by atoms with E-state index in [1.807, 2.05) is 0 Å². The van der Waals surface area contributed by atoms with Gasteiger partial charge in [0, 0.05) is 19.3 Å². The summed E-state index contributed by atoms with van der Waals surface area (Å²) in [6.45, 7) is 4.67. The van der Waals surface area contributed by atoms with Crippen LogP contribution in [0.15, 0.2) is 36.5 Å². The summed E-state index contributed by atoms with van der Waals surface area (Å²) in [6.07, 6.45) is 62.3. The number of unbranched alkanes of at least 4 members (excludes halogenated alkanes) is 37. The first-order valence-corrected chi connectivity index (χ1v) is 33.4. The summed E-state index contributed by atoms with van der Waals surface area (Å²) in [4.78, 5) is 48.7. The Morgan fingerprint density at radius 3 is 1.01 bits per heavy atom. The van der Waals surface area contributed by atoms with Crippen LogP contribution in [0.1, 0.15) is 316 Å². The lowest BCUT2D eigenvalue weighted by molar-refractivity contribution is -0.161. The van der Waals surface area contributed by atoms with Crippen molar-refractivity contribution in [3.05, 3.63) is 36.5 Å². The molecule has 0 aromatic rings. The topological polar surface area (TPSA) is 155 Å². The van der Waals surface area contributed by atoms with E-state index in [1.54, 1.807) is 0 Å². The third-order valence-corrected chi connectivity index (χ3v) is 15.0. The van der Waals surface area contributed by atoms with Gasteiger partial charge in [-0.3, -0.25) is 23.4 Å². The SMILES string of the molecule is CCCCC/C=C\C/C=C\CCCCCCCCCC(=O)OC(COC(=O)CCCCCCCCC/C=C\CCCCCCCC)COP(=O)(O)OCC(CO)OC(=O)CCCCCCCCCCCCCCCCC. The second kappa shape index (κ2) is 58.8. The molecule has 0 spiro atoms. The zero-order valence-corrected chi connectivity index (χ0v) is 50.4. The summed E-state index contributed by atoms with van der Waals surface area (Å²) in [5.74, 6) is -1.45. The Morgan fingerprint density at radius 2 is 0.645 bits per heavy atom. The summed E-state index contributed by atoms with van der Waals surface area (Å²) in [7, 11) is -4.75. The molecule has 0 aliphatic rings. The maximum Gasteiger partial charge on any atom is 0.472 e. The molecule has 0 heterocycles. The lowest BCUT2D eigenvalue weighted by atomic mass is 10.0. The van der Waals surface area contributed by atoms with E-state index in [1.165, 1.54) is 173 Å². The molecule has 0 aromatic carbocycles. The number of aliphatic hydroxyl groups excluding tert-OH is 1. The molecule has 76 heavy (non-hydrogen) atoms. The standard InChI is InChI=1S/C64H119O11P/c1-4-7-10-13-16-19-22-25-28-30-33-35-38-41-44-47-50-53-62(66)71-57-61(75-64(68)55-52-49-46-43-40-37-34-31-29-26-23-20-17-14-11-8-5-2)59-73-76(69,70)72-58-60(56-65)74-63(67)54-51-48-45-42-39-36-32-27-24-21-18-15-12-9-6-3/h17,20,25-26,28-29,60-61,65H,4-16,18-19,21-24,27,30-59H2,1-3H3,(H,69,70)/b20-17-,28-25-,29-26-. The minimum Gasteiger partial charge on any atom is -0.462 e. The first kappa shape index (κ1) is 73.7. The van der Waals surface area contributed by atoms with E-state index in [9.17, 15) is 28.9 Å². The van der Waals surface area contributed by atoms with E-state index in [0.29, 0.717) is 19.3 Å². The van der Waals surface area contributed by atoms with Gasteiger partial charge >= 0.3 is 25.7 Å². The highest BCUT2D eigenvalue weighted by Gasteiger charge is 2.28. The molecule has 0 fully saturated rings. The van der Waals surface area contributed by atoms with E-state index in [2.05, 4.69) is 57.2 Å². The largest absolute Gasteiger partial charge is 0.472 e. The molecule has 0 aromatic heterocycles. The summed E-state index contributed by atoms with van der Waals surface area (Å²) < 4.78 is 39.7. The van der Waals surface area contributed by atoms with Crippen LogP contribution >= 0.6 is 7.82 Å². The third kappa shape index (κ3) is 56.4. The van der Waals surface area contributed by atoms with Crippen molar-refractivity contribution in [1.29, 1.82) is 0 Å². The Morgan fingerprint density at radius 1 is 0.368 bits per heavy atom. The predicted octanol–water partition coefficient (Wildman–Crippen LogP) is 19.2. The van der Waals surface area contributed by atoms with Crippen molar-refractivity contribution < 1.29 is 52.2 Å². The second-order valence-electron chi connectivity index (χ2n) is 21.6. The van der Waals surface area contributed by atoms with Gasteiger partial charge in [0.25, 0.3) is 0 Å². The van der Waals surface area contributed by atoms with Gasteiger partial charge < -0.3 is 24.2 Å². The quantitative estimate of drug-likeness (QED) is 0.0197. The predicted molar refractivity (Wildman–Crippen MR) is 316 cm³/mol. The lowest BCUT2D eigenvalue weighted by Crippen LogP contribution is -2.30. The molecule has 12 heteroatoms. The number of ether oxygens (including phenoxy) is 3. The van der Waals surface area contributed by atoms with Crippen molar-refractivity contribution in [2.24, 2.45) is 0 Å². The van der Waals surface area contributed by atoms with Crippen LogP contribution in [0.3, 0.4) is 0 Å². The Kier molecular flexibility index (Phi) is 57.1. The fourth-order valence-corrected chi connectivity index (χ4v) is 9.93. The fraction of sp³-hybridized carbons (Fsp3) is 0.859. The Bertz CT molecular complexity index is 1420. The van der Waals surface area contributed by atoms with Gasteiger partial charge in [-0.25, -0.2) is 4.57 Å². The van der Waals surface area contributed by atoms with E-state index in [-0.39, 0.29) is 25.9 Å². The molecular weight excluding hydrogens is 976 g/mol. The van der Waals surface area contributed by atoms with Crippen molar-refractivity contribution in [1.82, 2.24) is 0 Å². The van der Waals surface area contributed by atoms with Crippen LogP contribution in [0.2, 0.25) is 0 Å². The van der Waals surface area contributed by atoms with Crippen molar-refractivity contribution >= 4 is 25.7 Å². The van der Waals surface area contributed by atoms with Gasteiger partial charge in [0.15, 0.2) is 6.10 Å². The monoisotopic (exact) mass is 1090 g/mol. The highest BCUT2D eigenvalue weighted by atomic mass is 31.2. The Hall–Kier alpha value is -2.30. The van der Waals surface area contributed by atoms with Crippen LogP contribution in [0.4, 0.5) is 0 Å². The number of hydrogen-bond donors (Lipinski definition) is 2.